The number of rotatable bonds is 7. The van der Waals surface area contributed by atoms with Crippen LogP contribution in [0.2, 0.25) is 0 Å². The van der Waals surface area contributed by atoms with Gasteiger partial charge in [0, 0.05) is 31.7 Å². The fourth-order valence-electron chi connectivity index (χ4n) is 3.15. The van der Waals surface area contributed by atoms with Gasteiger partial charge >= 0.3 is 6.03 Å². The van der Waals surface area contributed by atoms with Gasteiger partial charge in [0.1, 0.15) is 0 Å². The monoisotopic (exact) mass is 340 g/mol. The van der Waals surface area contributed by atoms with Gasteiger partial charge in [0.2, 0.25) is 0 Å². The minimum absolute atomic E-state index is 0.160. The molecule has 23 heavy (non-hydrogen) atoms. The van der Waals surface area contributed by atoms with Gasteiger partial charge in [-0.2, -0.15) is 11.3 Å². The Hall–Kier alpha value is -1.15. The molecule has 1 aliphatic heterocycles. The molecule has 6 nitrogen and oxygen atoms in total. The molecule has 0 bridgehead atoms. The van der Waals surface area contributed by atoms with Crippen molar-refractivity contribution in [3.05, 3.63) is 22.4 Å². The van der Waals surface area contributed by atoms with Gasteiger partial charge in [0.15, 0.2) is 0 Å². The van der Waals surface area contributed by atoms with Crippen molar-refractivity contribution >= 4 is 17.4 Å². The Morgan fingerprint density at radius 1 is 1.57 bits per heavy atom. The third-order valence-corrected chi connectivity index (χ3v) is 5.26. The number of nitrogens with zero attached hydrogens (tertiary/aromatic N) is 2. The average Bonchev–Trinajstić information content (AvgIpc) is 3.06. The Morgan fingerprint density at radius 3 is 2.87 bits per heavy atom. The normalized spacial score (nSPS) is 17.9. The molecule has 130 valence electrons. The number of nitrogens with one attached hydrogen (secondary N) is 1. The molecule has 2 rings (SSSR count). The third kappa shape index (κ3) is 5.17. The number of urea groups is 1. The highest BCUT2D eigenvalue weighted by atomic mass is 32.1. The molecule has 1 fully saturated rings. The van der Waals surface area contributed by atoms with E-state index in [0.717, 1.165) is 38.9 Å². The van der Waals surface area contributed by atoms with Crippen LogP contribution in [-0.4, -0.2) is 54.7 Å². The third-order valence-electron chi connectivity index (χ3n) is 4.53. The zero-order valence-electron chi connectivity index (χ0n) is 14.0. The number of nitrogens with two attached hydrogens (primary N) is 1. The van der Waals surface area contributed by atoms with Gasteiger partial charge in [0.25, 0.3) is 0 Å². The van der Waals surface area contributed by atoms with Crippen molar-refractivity contribution in [2.24, 2.45) is 5.73 Å². The van der Waals surface area contributed by atoms with E-state index in [1.807, 2.05) is 10.3 Å². The highest BCUT2D eigenvalue weighted by Crippen LogP contribution is 2.22. The molecule has 0 unspecified atom stereocenters. The van der Waals surface area contributed by atoms with Crippen LogP contribution in [0.1, 0.15) is 31.7 Å². The Bertz CT molecular complexity index is 461. The zero-order valence-corrected chi connectivity index (χ0v) is 14.8. The SMILES string of the molecule is CONC(=O)N(Cc1ccsc1)C1CCN([C@H](C)CCN)CC1. The Balaban J connectivity index is 1.95. The van der Waals surface area contributed by atoms with Crippen molar-refractivity contribution in [2.75, 3.05) is 26.7 Å². The van der Waals surface area contributed by atoms with E-state index in [1.54, 1.807) is 11.3 Å². The van der Waals surface area contributed by atoms with Crippen LogP contribution in [0.4, 0.5) is 4.79 Å². The molecule has 0 aliphatic carbocycles. The van der Waals surface area contributed by atoms with Crippen LogP contribution < -0.4 is 11.2 Å². The maximum atomic E-state index is 12.3. The molecule has 1 atom stereocenters. The fraction of sp³-hybridized carbons (Fsp3) is 0.688. The maximum absolute atomic E-state index is 12.3. The molecule has 2 amide bonds. The molecular weight excluding hydrogens is 312 g/mol. The first-order chi connectivity index (χ1) is 11.2. The first-order valence-corrected chi connectivity index (χ1v) is 9.14. The molecule has 1 aromatic heterocycles. The second kappa shape index (κ2) is 9.22. The zero-order chi connectivity index (χ0) is 16.7. The van der Waals surface area contributed by atoms with Gasteiger partial charge < -0.3 is 15.5 Å². The largest absolute Gasteiger partial charge is 0.341 e. The quantitative estimate of drug-likeness (QED) is 0.745. The van der Waals surface area contributed by atoms with Gasteiger partial charge in [-0.3, -0.25) is 4.84 Å². The van der Waals surface area contributed by atoms with E-state index in [-0.39, 0.29) is 12.1 Å². The first kappa shape index (κ1) is 18.2. The summed E-state index contributed by atoms with van der Waals surface area (Å²) in [6.45, 7) is 5.59. The summed E-state index contributed by atoms with van der Waals surface area (Å²) in [4.78, 5) is 21.5. The van der Waals surface area contributed by atoms with Crippen LogP contribution in [0, 0.1) is 0 Å². The van der Waals surface area contributed by atoms with Gasteiger partial charge in [-0.25, -0.2) is 10.3 Å². The number of piperidine rings is 1. The smallest absolute Gasteiger partial charge is 0.330 e. The highest BCUT2D eigenvalue weighted by Gasteiger charge is 2.29. The lowest BCUT2D eigenvalue weighted by Gasteiger charge is -2.40. The van der Waals surface area contributed by atoms with Crippen LogP contribution >= 0.6 is 11.3 Å². The van der Waals surface area contributed by atoms with Crippen LogP contribution in [0.15, 0.2) is 16.8 Å². The molecule has 1 aromatic rings. The van der Waals surface area contributed by atoms with E-state index in [0.29, 0.717) is 12.6 Å². The van der Waals surface area contributed by atoms with Gasteiger partial charge in [-0.15, -0.1) is 0 Å². The topological polar surface area (TPSA) is 70.8 Å². The highest BCUT2D eigenvalue weighted by molar-refractivity contribution is 7.07. The lowest BCUT2D eigenvalue weighted by atomic mass is 10.0. The number of hydrogen-bond acceptors (Lipinski definition) is 5. The van der Waals surface area contributed by atoms with Crippen molar-refractivity contribution in [2.45, 2.75) is 44.8 Å². The summed E-state index contributed by atoms with van der Waals surface area (Å²) in [7, 11) is 1.47. The lowest BCUT2D eigenvalue weighted by molar-refractivity contribution is 0.0567. The second-order valence-corrected chi connectivity index (χ2v) is 6.84. The summed E-state index contributed by atoms with van der Waals surface area (Å²) < 4.78 is 0. The van der Waals surface area contributed by atoms with E-state index < -0.39 is 0 Å². The van der Waals surface area contributed by atoms with E-state index in [4.69, 9.17) is 10.6 Å². The molecule has 0 saturated carbocycles. The molecule has 7 heteroatoms. The number of thiophene rings is 1. The summed E-state index contributed by atoms with van der Waals surface area (Å²) in [5.41, 5.74) is 9.30. The first-order valence-electron chi connectivity index (χ1n) is 8.20. The molecule has 1 aliphatic rings. The number of hydroxylamine groups is 1. The fourth-order valence-corrected chi connectivity index (χ4v) is 3.81. The minimum atomic E-state index is -0.160. The Morgan fingerprint density at radius 2 is 2.30 bits per heavy atom. The summed E-state index contributed by atoms with van der Waals surface area (Å²) in [6, 6.07) is 2.66. The van der Waals surface area contributed by atoms with Crippen LogP contribution in [0.25, 0.3) is 0 Å². The maximum Gasteiger partial charge on any atom is 0.341 e. The number of amides is 2. The van der Waals surface area contributed by atoms with E-state index in [2.05, 4.69) is 28.8 Å². The number of carbonyl (C=O) groups excluding carboxylic acids is 1. The lowest BCUT2D eigenvalue weighted by Crippen LogP contribution is -2.51. The van der Waals surface area contributed by atoms with E-state index in [9.17, 15) is 4.79 Å². The molecule has 3 N–H and O–H groups in total. The van der Waals surface area contributed by atoms with Crippen molar-refractivity contribution in [1.29, 1.82) is 0 Å². The van der Waals surface area contributed by atoms with Crippen molar-refractivity contribution in [1.82, 2.24) is 15.3 Å². The van der Waals surface area contributed by atoms with E-state index >= 15 is 0 Å². The summed E-state index contributed by atoms with van der Waals surface area (Å²) in [6.07, 6.45) is 2.99. The van der Waals surface area contributed by atoms with Crippen molar-refractivity contribution in [3.8, 4) is 0 Å². The molecule has 2 heterocycles. The van der Waals surface area contributed by atoms with E-state index in [1.165, 1.54) is 12.7 Å². The molecule has 1 saturated heterocycles. The van der Waals surface area contributed by atoms with Gasteiger partial charge in [0.05, 0.1) is 7.11 Å². The number of likely N-dealkylation sites (tertiary alicyclic amines) is 1. The number of carbonyl (C=O) groups is 1. The Kier molecular flexibility index (Phi) is 7.29. The Labute approximate surface area is 142 Å². The molecular formula is C16H28N4O2S. The predicted octanol–water partition coefficient (Wildman–Crippen LogP) is 2.02. The standard InChI is InChI=1S/C16H28N4O2S/c1-13(3-7-17)19-8-4-15(5-9-19)20(16(21)18-22-2)11-14-6-10-23-12-14/h6,10,12-13,15H,3-5,7-9,11,17H2,1-2H3,(H,18,21)/t13-/m1/s1. The molecule has 0 aromatic carbocycles. The number of hydrogen-bond donors (Lipinski definition) is 2. The van der Waals surface area contributed by atoms with Crippen LogP contribution in [-0.2, 0) is 11.4 Å². The summed E-state index contributed by atoms with van der Waals surface area (Å²) >= 11 is 1.65. The molecule has 0 radical (unpaired) electrons. The van der Waals surface area contributed by atoms with Crippen molar-refractivity contribution < 1.29 is 9.63 Å². The van der Waals surface area contributed by atoms with Crippen LogP contribution in [0.3, 0.4) is 0 Å². The van der Waals surface area contributed by atoms with Crippen molar-refractivity contribution in [3.63, 3.8) is 0 Å². The second-order valence-electron chi connectivity index (χ2n) is 6.06. The summed E-state index contributed by atoms with van der Waals surface area (Å²) in [5, 5.41) is 4.13. The minimum Gasteiger partial charge on any atom is -0.330 e. The average molecular weight is 340 g/mol. The predicted molar refractivity (Wildman–Crippen MR) is 93.1 cm³/mol. The van der Waals surface area contributed by atoms with Gasteiger partial charge in [-0.1, -0.05) is 0 Å². The van der Waals surface area contributed by atoms with Gasteiger partial charge in [-0.05, 0) is 55.1 Å². The molecule has 0 spiro atoms. The van der Waals surface area contributed by atoms with Crippen LogP contribution in [0.5, 0.6) is 0 Å². The summed E-state index contributed by atoms with van der Waals surface area (Å²) in [5.74, 6) is 0.